The molecule has 0 bridgehead atoms. The van der Waals surface area contributed by atoms with Crippen LogP contribution in [-0.2, 0) is 19.1 Å². The van der Waals surface area contributed by atoms with Gasteiger partial charge in [-0.3, -0.25) is 19.2 Å². The Morgan fingerprint density at radius 2 is 1.91 bits per heavy atom. The summed E-state index contributed by atoms with van der Waals surface area (Å²) in [5, 5.41) is 42.9. The van der Waals surface area contributed by atoms with Crippen molar-refractivity contribution < 1.29 is 49.1 Å². The number of Topliss-reactive ketones (excluding diaryl/α,β-unsaturated/α-hetero) is 2. The summed E-state index contributed by atoms with van der Waals surface area (Å²) < 4.78 is 3.58. The predicted molar refractivity (Wildman–Crippen MR) is 113 cm³/mol. The molecule has 1 saturated heterocycles. The molecule has 0 saturated carbocycles. The molecular formula is C21H23NO10S. The molecule has 1 aromatic carbocycles. The van der Waals surface area contributed by atoms with Crippen LogP contribution < -0.4 is 5.32 Å². The second kappa shape index (κ2) is 8.76. The molecule has 2 aliphatic rings. The van der Waals surface area contributed by atoms with E-state index in [2.05, 4.69) is 5.32 Å². The Kier molecular flexibility index (Phi) is 6.55. The fourth-order valence-electron chi connectivity index (χ4n) is 4.44. The lowest BCUT2D eigenvalue weighted by Crippen LogP contribution is -2.74. The molecule has 0 radical (unpaired) electrons. The average Bonchev–Trinajstić information content (AvgIpc) is 2.71. The molecule has 1 heterocycles. The molecule has 0 spiro atoms. The number of aromatic hydroxyl groups is 1. The van der Waals surface area contributed by atoms with Gasteiger partial charge in [0.05, 0.1) is 24.2 Å². The number of phenolic OH excluding ortho intramolecular Hbond substituents is 1. The number of amides is 1. The maximum Gasteiger partial charge on any atom is 0.327 e. The normalized spacial score (nSPS) is 29.5. The highest BCUT2D eigenvalue weighted by atomic mass is 32.2. The van der Waals surface area contributed by atoms with Crippen LogP contribution in [0.1, 0.15) is 47.4 Å². The summed E-state index contributed by atoms with van der Waals surface area (Å²) in [6.07, 6.45) is -3.36. The number of thioether (sulfide) groups is 1. The van der Waals surface area contributed by atoms with Gasteiger partial charge in [0.25, 0.3) is 0 Å². The van der Waals surface area contributed by atoms with Crippen molar-refractivity contribution in [3.63, 3.8) is 0 Å². The van der Waals surface area contributed by atoms with Gasteiger partial charge in [0, 0.05) is 18.2 Å². The number of nitrogens with one attached hydrogen (secondary N) is 1. The number of rotatable bonds is 7. The lowest BCUT2D eigenvalue weighted by atomic mass is 9.64. The highest BCUT2D eigenvalue weighted by Crippen LogP contribution is 2.54. The molecule has 0 unspecified atom stereocenters. The molecule has 1 aliphatic carbocycles. The Bertz CT molecular complexity index is 1040. The SMILES string of the molecule is CC(=O)N[C@@H](CS[C@]12C[C@@H](CC(=O)O)O[C@H](C)[C@]1(O)C(=O)c1c(O)cccc1C2=O)C(=O)O. The molecule has 178 valence electrons. The minimum atomic E-state index is -2.53. The number of benzene rings is 1. The molecule has 12 heteroatoms. The van der Waals surface area contributed by atoms with E-state index in [1.807, 2.05) is 0 Å². The first-order valence-corrected chi connectivity index (χ1v) is 11.0. The molecule has 5 atom stereocenters. The molecule has 1 amide bonds. The zero-order chi connectivity index (χ0) is 24.7. The van der Waals surface area contributed by atoms with Crippen molar-refractivity contribution in [1.29, 1.82) is 0 Å². The largest absolute Gasteiger partial charge is 0.507 e. The van der Waals surface area contributed by atoms with E-state index in [4.69, 9.17) is 4.74 Å². The number of phenols is 1. The number of aliphatic hydroxyl groups is 1. The van der Waals surface area contributed by atoms with E-state index in [1.165, 1.54) is 25.1 Å². The predicted octanol–water partition coefficient (Wildman–Crippen LogP) is 0.216. The van der Waals surface area contributed by atoms with Gasteiger partial charge in [-0.1, -0.05) is 12.1 Å². The fourth-order valence-corrected chi connectivity index (χ4v) is 6.15. The number of hydrogen-bond acceptors (Lipinski definition) is 9. The topological polar surface area (TPSA) is 188 Å². The van der Waals surface area contributed by atoms with Crippen LogP contribution in [0.2, 0.25) is 0 Å². The third-order valence-corrected chi connectivity index (χ3v) is 7.57. The number of fused-ring (bicyclic) bond motifs is 2. The number of carboxylic acid groups (broad SMARTS) is 2. The monoisotopic (exact) mass is 481 g/mol. The van der Waals surface area contributed by atoms with Crippen LogP contribution in [-0.4, -0.2) is 84.2 Å². The van der Waals surface area contributed by atoms with E-state index >= 15 is 0 Å². The van der Waals surface area contributed by atoms with Gasteiger partial charge < -0.3 is 30.5 Å². The van der Waals surface area contributed by atoms with Crippen LogP contribution in [0.4, 0.5) is 0 Å². The van der Waals surface area contributed by atoms with Gasteiger partial charge in [0.2, 0.25) is 11.7 Å². The number of carboxylic acids is 2. The summed E-state index contributed by atoms with van der Waals surface area (Å²) in [6, 6.07) is 2.38. The summed E-state index contributed by atoms with van der Waals surface area (Å²) in [4.78, 5) is 61.6. The van der Waals surface area contributed by atoms with E-state index in [1.54, 1.807) is 0 Å². The minimum Gasteiger partial charge on any atom is -0.507 e. The van der Waals surface area contributed by atoms with Gasteiger partial charge in [-0.05, 0) is 19.4 Å². The maximum atomic E-state index is 13.8. The van der Waals surface area contributed by atoms with Crippen molar-refractivity contribution in [2.45, 2.75) is 55.3 Å². The zero-order valence-electron chi connectivity index (χ0n) is 17.7. The molecule has 0 aromatic heterocycles. The summed E-state index contributed by atoms with van der Waals surface area (Å²) in [7, 11) is 0. The van der Waals surface area contributed by atoms with Crippen LogP contribution in [0.15, 0.2) is 18.2 Å². The number of ketones is 2. The van der Waals surface area contributed by atoms with Crippen LogP contribution in [0, 0.1) is 0 Å². The van der Waals surface area contributed by atoms with Gasteiger partial charge in [0.1, 0.15) is 16.5 Å². The lowest BCUT2D eigenvalue weighted by Gasteiger charge is -2.55. The third kappa shape index (κ3) is 3.98. The third-order valence-electron chi connectivity index (χ3n) is 5.92. The van der Waals surface area contributed by atoms with E-state index in [9.17, 15) is 44.4 Å². The first kappa shape index (κ1) is 24.7. The molecule has 1 aliphatic heterocycles. The fraction of sp³-hybridized carbons (Fsp3) is 0.476. The smallest absolute Gasteiger partial charge is 0.327 e. The van der Waals surface area contributed by atoms with Crippen molar-refractivity contribution >= 4 is 41.2 Å². The molecule has 1 fully saturated rings. The zero-order valence-corrected chi connectivity index (χ0v) is 18.5. The lowest BCUT2D eigenvalue weighted by molar-refractivity contribution is -0.167. The quantitative estimate of drug-likeness (QED) is 0.358. The van der Waals surface area contributed by atoms with Crippen LogP contribution in [0.3, 0.4) is 0 Å². The number of aliphatic carboxylic acids is 2. The van der Waals surface area contributed by atoms with Crippen LogP contribution in [0.5, 0.6) is 5.75 Å². The number of carbonyl (C=O) groups is 5. The highest BCUT2D eigenvalue weighted by molar-refractivity contribution is 8.01. The first-order valence-electron chi connectivity index (χ1n) is 10.00. The van der Waals surface area contributed by atoms with Crippen LogP contribution >= 0.6 is 11.8 Å². The second-order valence-electron chi connectivity index (χ2n) is 8.06. The van der Waals surface area contributed by atoms with E-state index in [0.29, 0.717) is 11.8 Å². The van der Waals surface area contributed by atoms with E-state index in [0.717, 1.165) is 6.92 Å². The Morgan fingerprint density at radius 3 is 2.48 bits per heavy atom. The number of carbonyl (C=O) groups excluding carboxylic acids is 3. The maximum absolute atomic E-state index is 13.8. The van der Waals surface area contributed by atoms with Crippen molar-refractivity contribution in [3.8, 4) is 5.75 Å². The van der Waals surface area contributed by atoms with E-state index in [-0.39, 0.29) is 11.1 Å². The van der Waals surface area contributed by atoms with Crippen molar-refractivity contribution in [2.24, 2.45) is 0 Å². The van der Waals surface area contributed by atoms with Crippen LogP contribution in [0.25, 0.3) is 0 Å². The Hall–Kier alpha value is -2.96. The summed E-state index contributed by atoms with van der Waals surface area (Å²) in [5.74, 6) is -5.94. The summed E-state index contributed by atoms with van der Waals surface area (Å²) in [6.45, 7) is 2.42. The molecule has 5 N–H and O–H groups in total. The Balaban J connectivity index is 2.16. The van der Waals surface area contributed by atoms with Gasteiger partial charge in [-0.2, -0.15) is 0 Å². The first-order chi connectivity index (χ1) is 15.3. The molecule has 33 heavy (non-hydrogen) atoms. The van der Waals surface area contributed by atoms with E-state index < -0.39 is 82.4 Å². The van der Waals surface area contributed by atoms with Crippen molar-refractivity contribution in [2.75, 3.05) is 5.75 Å². The standard InChI is InChI=1S/C21H23NO10S/c1-9-21(31)18(28)16-12(4-3-5-14(16)24)17(27)20(21,7-11(32-9)6-15(25)26)33-8-13(19(29)30)22-10(2)23/h3-5,9,11,13,24,31H,6-8H2,1-2H3,(H,22,23)(H,25,26)(H,29,30)/t9-,11-,13+,20+,21+/m1/s1. The highest BCUT2D eigenvalue weighted by Gasteiger charge is 2.70. The van der Waals surface area contributed by atoms with Crippen molar-refractivity contribution in [1.82, 2.24) is 5.32 Å². The Morgan fingerprint density at radius 1 is 1.24 bits per heavy atom. The van der Waals surface area contributed by atoms with Gasteiger partial charge in [0.15, 0.2) is 11.4 Å². The Labute approximate surface area is 192 Å². The average molecular weight is 481 g/mol. The minimum absolute atomic E-state index is 0.174. The molecule has 11 nitrogen and oxygen atoms in total. The van der Waals surface area contributed by atoms with Gasteiger partial charge in [-0.25, -0.2) is 4.79 Å². The summed E-state index contributed by atoms with van der Waals surface area (Å²) >= 11 is 0.651. The molecular weight excluding hydrogens is 458 g/mol. The molecule has 1 aromatic rings. The number of hydrogen-bond donors (Lipinski definition) is 5. The summed E-state index contributed by atoms with van der Waals surface area (Å²) in [5.41, 5.74) is -3.09. The second-order valence-corrected chi connectivity index (χ2v) is 9.37. The van der Waals surface area contributed by atoms with Gasteiger partial charge >= 0.3 is 11.9 Å². The van der Waals surface area contributed by atoms with Gasteiger partial charge in [-0.15, -0.1) is 11.8 Å². The molecule has 3 rings (SSSR count). The number of ether oxygens (including phenoxy) is 1. The van der Waals surface area contributed by atoms with Crippen molar-refractivity contribution in [3.05, 3.63) is 29.3 Å².